The smallest absolute Gasteiger partial charge is 0.510 e. The van der Waals surface area contributed by atoms with Crippen molar-refractivity contribution < 1.29 is 14.1 Å². The molecule has 1 rings (SSSR count). The van der Waals surface area contributed by atoms with Crippen LogP contribution in [-0.2, 0) is 0 Å². The number of hydrogen-bond acceptors (Lipinski definition) is 3. The van der Waals surface area contributed by atoms with Gasteiger partial charge in [-0.2, -0.15) is 0 Å². The van der Waals surface area contributed by atoms with Gasteiger partial charge in [-0.3, -0.25) is 0 Å². The molecule has 71 valence electrons. The highest BCUT2D eigenvalue weighted by molar-refractivity contribution is 6.17. The molecule has 0 aliphatic carbocycles. The van der Waals surface area contributed by atoms with Gasteiger partial charge in [0.05, 0.1) is 0 Å². The van der Waals surface area contributed by atoms with Crippen LogP contribution < -0.4 is 4.65 Å². The molecule has 1 aromatic heterocycles. The van der Waals surface area contributed by atoms with E-state index >= 15 is 0 Å². The van der Waals surface area contributed by atoms with Crippen LogP contribution in [0, 0.1) is 5.92 Å². The zero-order valence-corrected chi connectivity index (χ0v) is 8.15. The molecule has 0 aliphatic heterocycles. The van der Waals surface area contributed by atoms with Crippen molar-refractivity contribution in [2.45, 2.75) is 26.7 Å². The lowest BCUT2D eigenvalue weighted by molar-refractivity contribution is 0.325. The van der Waals surface area contributed by atoms with E-state index in [1.807, 2.05) is 6.07 Å². The molecule has 0 saturated heterocycles. The third-order valence-electron chi connectivity index (χ3n) is 2.22. The SMILES string of the molecule is CC(C)C(C)c1ccc(O[B]O)o1. The summed E-state index contributed by atoms with van der Waals surface area (Å²) in [5.74, 6) is 2.09. The Balaban J connectivity index is 2.67. The molecule has 1 N–H and O–H groups in total. The topological polar surface area (TPSA) is 42.6 Å². The summed E-state index contributed by atoms with van der Waals surface area (Å²) in [6.45, 7) is 6.35. The van der Waals surface area contributed by atoms with E-state index in [1.54, 1.807) is 6.07 Å². The molecule has 1 atom stereocenters. The van der Waals surface area contributed by atoms with Crippen molar-refractivity contribution >= 4 is 7.69 Å². The van der Waals surface area contributed by atoms with Gasteiger partial charge in [-0.05, 0) is 12.0 Å². The summed E-state index contributed by atoms with van der Waals surface area (Å²) in [7, 11) is 0.614. The van der Waals surface area contributed by atoms with Crippen LogP contribution in [0.25, 0.3) is 0 Å². The maximum atomic E-state index is 8.37. The van der Waals surface area contributed by atoms with Gasteiger partial charge >= 0.3 is 7.69 Å². The van der Waals surface area contributed by atoms with Gasteiger partial charge in [0.2, 0.25) is 0 Å². The van der Waals surface area contributed by atoms with E-state index in [-0.39, 0.29) is 0 Å². The molecule has 3 nitrogen and oxygen atoms in total. The molecule has 0 spiro atoms. The first-order valence-corrected chi connectivity index (χ1v) is 4.37. The van der Waals surface area contributed by atoms with E-state index < -0.39 is 0 Å². The van der Waals surface area contributed by atoms with E-state index in [0.717, 1.165) is 5.76 Å². The number of rotatable bonds is 4. The van der Waals surface area contributed by atoms with Gasteiger partial charge in [-0.25, -0.2) is 0 Å². The Bertz CT molecular complexity index is 257. The third kappa shape index (κ3) is 2.52. The van der Waals surface area contributed by atoms with Crippen molar-refractivity contribution in [3.8, 4) is 5.95 Å². The summed E-state index contributed by atoms with van der Waals surface area (Å²) in [5, 5.41) is 8.37. The van der Waals surface area contributed by atoms with Crippen molar-refractivity contribution in [3.05, 3.63) is 17.9 Å². The van der Waals surface area contributed by atoms with Crippen LogP contribution in [0.15, 0.2) is 16.5 Å². The molecule has 0 aromatic carbocycles. The van der Waals surface area contributed by atoms with Crippen molar-refractivity contribution in [2.75, 3.05) is 0 Å². The van der Waals surface area contributed by atoms with Crippen molar-refractivity contribution in [3.63, 3.8) is 0 Å². The Morgan fingerprint density at radius 3 is 2.62 bits per heavy atom. The van der Waals surface area contributed by atoms with Crippen molar-refractivity contribution in [1.82, 2.24) is 0 Å². The monoisotopic (exact) mass is 181 g/mol. The molecule has 1 radical (unpaired) electrons. The van der Waals surface area contributed by atoms with Crippen LogP contribution in [0.3, 0.4) is 0 Å². The fraction of sp³-hybridized carbons (Fsp3) is 0.556. The van der Waals surface area contributed by atoms with Gasteiger partial charge in [-0.1, -0.05) is 20.8 Å². The van der Waals surface area contributed by atoms with Crippen LogP contribution in [0.5, 0.6) is 5.95 Å². The lowest BCUT2D eigenvalue weighted by atomic mass is 9.96. The summed E-state index contributed by atoms with van der Waals surface area (Å²) in [6.07, 6.45) is 0. The molecule has 1 unspecified atom stereocenters. The molecule has 13 heavy (non-hydrogen) atoms. The van der Waals surface area contributed by atoms with Crippen LogP contribution in [0.1, 0.15) is 32.4 Å². The van der Waals surface area contributed by atoms with Crippen molar-refractivity contribution in [2.24, 2.45) is 5.92 Å². The first-order valence-electron chi connectivity index (χ1n) is 4.37. The van der Waals surface area contributed by atoms with Gasteiger partial charge in [0, 0.05) is 12.0 Å². The van der Waals surface area contributed by atoms with Gasteiger partial charge in [0.1, 0.15) is 5.76 Å². The minimum absolute atomic E-state index is 0.324. The standard InChI is InChI=1S/C9H14BO3/c1-6(2)7(3)8-4-5-9(12-8)13-10-11/h4-7,11H,1-3H3. The summed E-state index contributed by atoms with van der Waals surface area (Å²) in [6, 6.07) is 3.56. The minimum atomic E-state index is 0.324. The lowest BCUT2D eigenvalue weighted by Crippen LogP contribution is -2.00. The molecule has 0 bridgehead atoms. The van der Waals surface area contributed by atoms with Gasteiger partial charge < -0.3 is 14.1 Å². The summed E-state index contributed by atoms with van der Waals surface area (Å²) >= 11 is 0. The van der Waals surface area contributed by atoms with Gasteiger partial charge in [0.25, 0.3) is 5.95 Å². The Morgan fingerprint density at radius 2 is 2.08 bits per heavy atom. The average molecular weight is 181 g/mol. The summed E-state index contributed by atoms with van der Waals surface area (Å²) in [5.41, 5.74) is 0. The quantitative estimate of drug-likeness (QED) is 0.721. The maximum Gasteiger partial charge on any atom is 0.571 e. The first-order chi connectivity index (χ1) is 6.15. The second-order valence-electron chi connectivity index (χ2n) is 3.41. The molecule has 4 heteroatoms. The Kier molecular flexibility index (Phi) is 3.43. The number of hydrogen-bond donors (Lipinski definition) is 1. The van der Waals surface area contributed by atoms with Crippen LogP contribution in [0.4, 0.5) is 0 Å². The van der Waals surface area contributed by atoms with E-state index in [2.05, 4.69) is 25.4 Å². The largest absolute Gasteiger partial charge is 0.571 e. The normalized spacial score (nSPS) is 13.0. The van der Waals surface area contributed by atoms with Gasteiger partial charge in [-0.15, -0.1) is 0 Å². The molecular weight excluding hydrogens is 167 g/mol. The van der Waals surface area contributed by atoms with Crippen LogP contribution in [0.2, 0.25) is 0 Å². The molecule has 0 fully saturated rings. The zero-order chi connectivity index (χ0) is 9.84. The maximum absolute atomic E-state index is 8.37. The Labute approximate surface area is 79.0 Å². The first kappa shape index (κ1) is 10.2. The molecule has 1 aromatic rings. The summed E-state index contributed by atoms with van der Waals surface area (Å²) in [4.78, 5) is 0. The molecule has 1 heterocycles. The Hall–Kier alpha value is -0.895. The Morgan fingerprint density at radius 1 is 1.38 bits per heavy atom. The number of furan rings is 1. The van der Waals surface area contributed by atoms with E-state index in [9.17, 15) is 0 Å². The van der Waals surface area contributed by atoms with E-state index in [0.29, 0.717) is 25.5 Å². The highest BCUT2D eigenvalue weighted by Gasteiger charge is 2.14. The van der Waals surface area contributed by atoms with E-state index in [1.165, 1.54) is 0 Å². The highest BCUT2D eigenvalue weighted by atomic mass is 16.6. The predicted octanol–water partition coefficient (Wildman–Crippen LogP) is 1.94. The zero-order valence-electron chi connectivity index (χ0n) is 8.15. The summed E-state index contributed by atoms with van der Waals surface area (Å²) < 4.78 is 10.0. The fourth-order valence-corrected chi connectivity index (χ4v) is 1.02. The predicted molar refractivity (Wildman–Crippen MR) is 50.6 cm³/mol. The highest BCUT2D eigenvalue weighted by Crippen LogP contribution is 2.27. The molecular formula is C9H14BO3. The second kappa shape index (κ2) is 4.37. The molecule has 0 aliphatic rings. The fourth-order valence-electron chi connectivity index (χ4n) is 1.02. The average Bonchev–Trinajstić information content (AvgIpc) is 2.52. The van der Waals surface area contributed by atoms with Gasteiger partial charge in [0.15, 0.2) is 0 Å². The molecule has 0 saturated carbocycles. The molecule has 0 amide bonds. The second-order valence-corrected chi connectivity index (χ2v) is 3.41. The third-order valence-corrected chi connectivity index (χ3v) is 2.22. The minimum Gasteiger partial charge on any atom is -0.510 e. The van der Waals surface area contributed by atoms with Crippen LogP contribution in [-0.4, -0.2) is 12.7 Å². The van der Waals surface area contributed by atoms with Crippen LogP contribution >= 0.6 is 0 Å². The lowest BCUT2D eigenvalue weighted by Gasteiger charge is -2.11. The van der Waals surface area contributed by atoms with Crippen molar-refractivity contribution in [1.29, 1.82) is 0 Å². The van der Waals surface area contributed by atoms with E-state index in [4.69, 9.17) is 9.44 Å².